The molecular formula is C10H18N2O3. The Labute approximate surface area is 89.7 Å². The van der Waals surface area contributed by atoms with E-state index in [1.807, 2.05) is 6.92 Å². The number of nitrogens with zero attached hydrogens (tertiary/aromatic N) is 2. The van der Waals surface area contributed by atoms with Gasteiger partial charge in [0.05, 0.1) is 5.92 Å². The second-order valence-corrected chi connectivity index (χ2v) is 4.09. The molecule has 0 aromatic heterocycles. The lowest BCUT2D eigenvalue weighted by Crippen LogP contribution is -2.56. The molecule has 1 aliphatic rings. The molecule has 15 heavy (non-hydrogen) atoms. The number of hydrogen-bond donors (Lipinski definition) is 1. The molecule has 5 heteroatoms. The number of carbonyl (C=O) groups is 2. The zero-order valence-corrected chi connectivity index (χ0v) is 9.43. The Morgan fingerprint density at radius 3 is 2.47 bits per heavy atom. The minimum atomic E-state index is -0.782. The maximum atomic E-state index is 11.6. The number of rotatable bonds is 3. The van der Waals surface area contributed by atoms with Crippen molar-refractivity contribution in [1.29, 1.82) is 0 Å². The number of carbonyl (C=O) groups excluding carboxylic acids is 1. The number of carboxylic acids is 1. The molecule has 1 saturated heterocycles. The van der Waals surface area contributed by atoms with Crippen LogP contribution in [-0.4, -0.2) is 53.6 Å². The molecule has 0 bridgehead atoms. The number of carboxylic acid groups (broad SMARTS) is 1. The van der Waals surface area contributed by atoms with Crippen molar-refractivity contribution in [3.05, 3.63) is 0 Å². The molecule has 2 amide bonds. The molecule has 1 fully saturated rings. The Kier molecular flexibility index (Phi) is 3.55. The van der Waals surface area contributed by atoms with E-state index in [1.54, 1.807) is 23.8 Å². The van der Waals surface area contributed by atoms with E-state index in [2.05, 4.69) is 0 Å². The van der Waals surface area contributed by atoms with E-state index in [0.29, 0.717) is 19.6 Å². The van der Waals surface area contributed by atoms with Gasteiger partial charge in [0.25, 0.3) is 0 Å². The third-order valence-electron chi connectivity index (χ3n) is 3.08. The second kappa shape index (κ2) is 4.51. The molecule has 0 aromatic carbocycles. The van der Waals surface area contributed by atoms with Crippen LogP contribution in [0.3, 0.4) is 0 Å². The van der Waals surface area contributed by atoms with Crippen LogP contribution in [0.25, 0.3) is 0 Å². The van der Waals surface area contributed by atoms with Crippen molar-refractivity contribution in [2.75, 3.05) is 26.7 Å². The molecule has 0 saturated carbocycles. The van der Waals surface area contributed by atoms with Gasteiger partial charge in [0.2, 0.25) is 0 Å². The lowest BCUT2D eigenvalue weighted by atomic mass is 9.87. The maximum Gasteiger partial charge on any atom is 0.319 e. The quantitative estimate of drug-likeness (QED) is 0.752. The van der Waals surface area contributed by atoms with E-state index in [-0.39, 0.29) is 17.9 Å². The van der Waals surface area contributed by atoms with Gasteiger partial charge in [-0.25, -0.2) is 4.79 Å². The SMILES string of the molecule is CCN(C)C(=O)N1CC(C(C)C(=O)O)C1. The van der Waals surface area contributed by atoms with Gasteiger partial charge in [-0.15, -0.1) is 0 Å². The molecule has 0 spiro atoms. The monoisotopic (exact) mass is 214 g/mol. The van der Waals surface area contributed by atoms with Crippen LogP contribution >= 0.6 is 0 Å². The van der Waals surface area contributed by atoms with Crippen molar-refractivity contribution in [3.63, 3.8) is 0 Å². The topological polar surface area (TPSA) is 60.9 Å². The fourth-order valence-electron chi connectivity index (χ4n) is 1.56. The predicted molar refractivity (Wildman–Crippen MR) is 55.6 cm³/mol. The fraction of sp³-hybridized carbons (Fsp3) is 0.800. The zero-order chi connectivity index (χ0) is 11.6. The third kappa shape index (κ3) is 2.40. The van der Waals surface area contributed by atoms with Gasteiger partial charge in [-0.1, -0.05) is 6.92 Å². The molecule has 0 aromatic rings. The average molecular weight is 214 g/mol. The van der Waals surface area contributed by atoms with E-state index in [0.717, 1.165) is 0 Å². The van der Waals surface area contributed by atoms with Gasteiger partial charge < -0.3 is 14.9 Å². The van der Waals surface area contributed by atoms with Crippen molar-refractivity contribution in [2.24, 2.45) is 11.8 Å². The number of aliphatic carboxylic acids is 1. The summed E-state index contributed by atoms with van der Waals surface area (Å²) in [6.45, 7) is 5.41. The fourth-order valence-corrected chi connectivity index (χ4v) is 1.56. The summed E-state index contributed by atoms with van der Waals surface area (Å²) in [6, 6.07) is -0.00802. The molecule has 1 atom stereocenters. The standard InChI is InChI=1S/C10H18N2O3/c1-4-11(3)10(15)12-5-8(6-12)7(2)9(13)14/h7-8H,4-6H2,1-3H3,(H,13,14). The maximum absolute atomic E-state index is 11.6. The average Bonchev–Trinajstić information content (AvgIpc) is 2.13. The first kappa shape index (κ1) is 11.8. The van der Waals surface area contributed by atoms with Crippen molar-refractivity contribution >= 4 is 12.0 Å². The minimum Gasteiger partial charge on any atom is -0.481 e. The molecular weight excluding hydrogens is 196 g/mol. The van der Waals surface area contributed by atoms with E-state index in [4.69, 9.17) is 5.11 Å². The summed E-state index contributed by atoms with van der Waals surface area (Å²) in [5, 5.41) is 8.78. The van der Waals surface area contributed by atoms with Crippen LogP contribution < -0.4 is 0 Å². The normalized spacial score (nSPS) is 18.2. The number of amides is 2. The predicted octanol–water partition coefficient (Wildman–Crippen LogP) is 0.711. The molecule has 0 radical (unpaired) electrons. The van der Waals surface area contributed by atoms with E-state index in [1.165, 1.54) is 0 Å². The zero-order valence-electron chi connectivity index (χ0n) is 9.43. The van der Waals surface area contributed by atoms with Gasteiger partial charge in [-0.2, -0.15) is 0 Å². The van der Waals surface area contributed by atoms with E-state index in [9.17, 15) is 9.59 Å². The van der Waals surface area contributed by atoms with Gasteiger partial charge in [-0.05, 0) is 6.92 Å². The van der Waals surface area contributed by atoms with E-state index < -0.39 is 5.97 Å². The van der Waals surface area contributed by atoms with Gasteiger partial charge in [0, 0.05) is 32.6 Å². The second-order valence-electron chi connectivity index (χ2n) is 4.09. The molecule has 1 rings (SSSR count). The molecule has 1 N–H and O–H groups in total. The number of hydrogen-bond acceptors (Lipinski definition) is 2. The molecule has 1 unspecified atom stereocenters. The first-order valence-electron chi connectivity index (χ1n) is 5.20. The van der Waals surface area contributed by atoms with Crippen LogP contribution in [0, 0.1) is 11.8 Å². The first-order chi connectivity index (χ1) is 6.97. The van der Waals surface area contributed by atoms with Gasteiger partial charge in [0.1, 0.15) is 0 Å². The largest absolute Gasteiger partial charge is 0.481 e. The van der Waals surface area contributed by atoms with Crippen LogP contribution in [0.2, 0.25) is 0 Å². The third-order valence-corrected chi connectivity index (χ3v) is 3.08. The van der Waals surface area contributed by atoms with Crippen LogP contribution in [0.5, 0.6) is 0 Å². The summed E-state index contributed by atoms with van der Waals surface area (Å²) in [5.41, 5.74) is 0. The van der Waals surface area contributed by atoms with E-state index >= 15 is 0 Å². The van der Waals surface area contributed by atoms with Crippen molar-refractivity contribution < 1.29 is 14.7 Å². The highest BCUT2D eigenvalue weighted by Crippen LogP contribution is 2.24. The summed E-state index contributed by atoms with van der Waals surface area (Å²) < 4.78 is 0. The Bertz CT molecular complexity index is 261. The van der Waals surface area contributed by atoms with Crippen LogP contribution in [0.15, 0.2) is 0 Å². The van der Waals surface area contributed by atoms with Gasteiger partial charge in [-0.3, -0.25) is 4.79 Å². The smallest absolute Gasteiger partial charge is 0.319 e. The summed E-state index contributed by atoms with van der Waals surface area (Å²) in [6.07, 6.45) is 0. The lowest BCUT2D eigenvalue weighted by molar-refractivity contribution is -0.144. The molecule has 1 heterocycles. The van der Waals surface area contributed by atoms with Crippen molar-refractivity contribution in [1.82, 2.24) is 9.80 Å². The van der Waals surface area contributed by atoms with Crippen molar-refractivity contribution in [3.8, 4) is 0 Å². The van der Waals surface area contributed by atoms with Crippen molar-refractivity contribution in [2.45, 2.75) is 13.8 Å². The highest BCUT2D eigenvalue weighted by atomic mass is 16.4. The Morgan fingerprint density at radius 1 is 1.53 bits per heavy atom. The Hall–Kier alpha value is -1.26. The summed E-state index contributed by atoms with van der Waals surface area (Å²) in [4.78, 5) is 25.6. The Morgan fingerprint density at radius 2 is 2.07 bits per heavy atom. The molecule has 1 aliphatic heterocycles. The highest BCUT2D eigenvalue weighted by molar-refractivity contribution is 5.76. The molecule has 5 nitrogen and oxygen atoms in total. The number of likely N-dealkylation sites (tertiary alicyclic amines) is 1. The van der Waals surface area contributed by atoms with Gasteiger partial charge in [0.15, 0.2) is 0 Å². The Balaban J connectivity index is 2.37. The minimum absolute atomic E-state index is 0.00802. The summed E-state index contributed by atoms with van der Waals surface area (Å²) in [7, 11) is 1.75. The molecule has 0 aliphatic carbocycles. The molecule has 86 valence electrons. The summed E-state index contributed by atoms with van der Waals surface area (Å²) >= 11 is 0. The summed E-state index contributed by atoms with van der Waals surface area (Å²) in [5.74, 6) is -1.03. The van der Waals surface area contributed by atoms with Gasteiger partial charge >= 0.3 is 12.0 Å². The van der Waals surface area contributed by atoms with Crippen LogP contribution in [-0.2, 0) is 4.79 Å². The lowest BCUT2D eigenvalue weighted by Gasteiger charge is -2.42. The number of urea groups is 1. The van der Waals surface area contributed by atoms with Crippen LogP contribution in [0.1, 0.15) is 13.8 Å². The first-order valence-corrected chi connectivity index (χ1v) is 5.20. The highest BCUT2D eigenvalue weighted by Gasteiger charge is 2.37. The van der Waals surface area contributed by atoms with Crippen LogP contribution in [0.4, 0.5) is 4.79 Å².